The largest absolute Gasteiger partial charge is 0.466 e. The minimum absolute atomic E-state index is 0.0656. The summed E-state index contributed by atoms with van der Waals surface area (Å²) in [6, 6.07) is 18.4. The summed E-state index contributed by atoms with van der Waals surface area (Å²) in [5, 5.41) is 0. The summed E-state index contributed by atoms with van der Waals surface area (Å²) in [6.45, 7) is 3.49. The van der Waals surface area contributed by atoms with Crippen LogP contribution in [0.3, 0.4) is 0 Å². The van der Waals surface area contributed by atoms with E-state index in [9.17, 15) is 9.59 Å². The van der Waals surface area contributed by atoms with Gasteiger partial charge in [0.25, 0.3) is 0 Å². The first-order valence-corrected chi connectivity index (χ1v) is 9.26. The second kappa shape index (κ2) is 8.65. The van der Waals surface area contributed by atoms with Gasteiger partial charge < -0.3 is 9.64 Å². The second-order valence-corrected chi connectivity index (χ2v) is 6.65. The highest BCUT2D eigenvalue weighted by Crippen LogP contribution is 2.21. The number of amides is 1. The van der Waals surface area contributed by atoms with Gasteiger partial charge in [-0.2, -0.15) is 0 Å². The van der Waals surface area contributed by atoms with Crippen LogP contribution in [-0.4, -0.2) is 36.5 Å². The van der Waals surface area contributed by atoms with Gasteiger partial charge in [-0.3, -0.25) is 9.59 Å². The van der Waals surface area contributed by atoms with Crippen molar-refractivity contribution in [3.8, 4) is 11.1 Å². The van der Waals surface area contributed by atoms with E-state index in [-0.39, 0.29) is 17.8 Å². The third kappa shape index (κ3) is 4.51. The summed E-state index contributed by atoms with van der Waals surface area (Å²) in [6.07, 6.45) is 1.79. The van der Waals surface area contributed by atoms with Crippen molar-refractivity contribution in [1.82, 2.24) is 4.90 Å². The maximum Gasteiger partial charge on any atom is 0.309 e. The van der Waals surface area contributed by atoms with Crippen molar-refractivity contribution in [2.75, 3.05) is 19.7 Å². The smallest absolute Gasteiger partial charge is 0.309 e. The Morgan fingerprint density at radius 3 is 2.19 bits per heavy atom. The molecule has 2 aromatic carbocycles. The molecule has 4 nitrogen and oxygen atoms in total. The molecule has 3 rings (SSSR count). The molecule has 1 saturated heterocycles. The maximum absolute atomic E-state index is 12.5. The van der Waals surface area contributed by atoms with Gasteiger partial charge in [0.1, 0.15) is 0 Å². The predicted molar refractivity (Wildman–Crippen MR) is 102 cm³/mol. The number of likely N-dealkylation sites (tertiary alicyclic amines) is 1. The molecule has 1 aliphatic rings. The lowest BCUT2D eigenvalue weighted by Gasteiger charge is -2.31. The Bertz CT molecular complexity index is 732. The average Bonchev–Trinajstić information content (AvgIpc) is 2.69. The van der Waals surface area contributed by atoms with Gasteiger partial charge in [-0.1, -0.05) is 54.6 Å². The third-order valence-corrected chi connectivity index (χ3v) is 4.88. The second-order valence-electron chi connectivity index (χ2n) is 6.65. The van der Waals surface area contributed by atoms with E-state index in [4.69, 9.17) is 4.74 Å². The number of carbonyl (C=O) groups is 2. The Morgan fingerprint density at radius 2 is 1.58 bits per heavy atom. The molecule has 0 aliphatic carbocycles. The van der Waals surface area contributed by atoms with Gasteiger partial charge in [0.05, 0.1) is 18.9 Å². The van der Waals surface area contributed by atoms with Crippen molar-refractivity contribution in [1.29, 1.82) is 0 Å². The highest BCUT2D eigenvalue weighted by Gasteiger charge is 2.28. The number of piperidine rings is 1. The van der Waals surface area contributed by atoms with E-state index in [1.165, 1.54) is 5.56 Å². The lowest BCUT2D eigenvalue weighted by atomic mass is 9.96. The van der Waals surface area contributed by atoms with Crippen molar-refractivity contribution in [2.24, 2.45) is 5.92 Å². The predicted octanol–water partition coefficient (Wildman–Crippen LogP) is 3.70. The number of rotatable bonds is 5. The molecule has 1 fully saturated rings. The highest BCUT2D eigenvalue weighted by atomic mass is 16.5. The van der Waals surface area contributed by atoms with Crippen LogP contribution in [0.15, 0.2) is 54.6 Å². The van der Waals surface area contributed by atoms with Gasteiger partial charge in [0.2, 0.25) is 5.91 Å². The van der Waals surface area contributed by atoms with Gasteiger partial charge in [-0.05, 0) is 36.5 Å². The van der Waals surface area contributed by atoms with E-state index in [1.54, 1.807) is 0 Å². The van der Waals surface area contributed by atoms with Gasteiger partial charge >= 0.3 is 5.97 Å². The number of esters is 1. The number of carbonyl (C=O) groups excluding carboxylic acids is 2. The first kappa shape index (κ1) is 18.2. The first-order valence-electron chi connectivity index (χ1n) is 9.26. The zero-order valence-corrected chi connectivity index (χ0v) is 15.2. The highest BCUT2D eigenvalue weighted by molar-refractivity contribution is 5.80. The van der Waals surface area contributed by atoms with Crippen LogP contribution in [0.1, 0.15) is 25.3 Å². The van der Waals surface area contributed by atoms with Crippen LogP contribution in [0.25, 0.3) is 11.1 Å². The van der Waals surface area contributed by atoms with Crippen LogP contribution in [0, 0.1) is 5.92 Å². The zero-order chi connectivity index (χ0) is 18.4. The molecule has 0 radical (unpaired) electrons. The fraction of sp³-hybridized carbons (Fsp3) is 0.364. The number of ether oxygens (including phenoxy) is 1. The van der Waals surface area contributed by atoms with Crippen LogP contribution >= 0.6 is 0 Å². The molecule has 1 aliphatic heterocycles. The summed E-state index contributed by atoms with van der Waals surface area (Å²) < 4.78 is 5.08. The van der Waals surface area contributed by atoms with E-state index in [2.05, 4.69) is 24.3 Å². The molecular formula is C22H25NO3. The fourth-order valence-corrected chi connectivity index (χ4v) is 3.36. The lowest BCUT2D eigenvalue weighted by Crippen LogP contribution is -2.41. The molecule has 0 atom stereocenters. The quantitative estimate of drug-likeness (QED) is 0.772. The van der Waals surface area contributed by atoms with Gasteiger partial charge in [0.15, 0.2) is 0 Å². The molecule has 4 heteroatoms. The minimum Gasteiger partial charge on any atom is -0.466 e. The van der Waals surface area contributed by atoms with Crippen LogP contribution in [0.4, 0.5) is 0 Å². The normalized spacial score (nSPS) is 14.9. The van der Waals surface area contributed by atoms with Crippen molar-refractivity contribution in [2.45, 2.75) is 26.2 Å². The zero-order valence-electron chi connectivity index (χ0n) is 15.2. The molecule has 26 heavy (non-hydrogen) atoms. The number of benzene rings is 2. The average molecular weight is 351 g/mol. The Balaban J connectivity index is 1.53. The number of hydrogen-bond donors (Lipinski definition) is 0. The summed E-state index contributed by atoms with van der Waals surface area (Å²) in [5.41, 5.74) is 3.34. The lowest BCUT2D eigenvalue weighted by molar-refractivity contribution is -0.151. The summed E-state index contributed by atoms with van der Waals surface area (Å²) in [4.78, 5) is 26.2. The van der Waals surface area contributed by atoms with Crippen LogP contribution < -0.4 is 0 Å². The third-order valence-electron chi connectivity index (χ3n) is 4.88. The molecule has 136 valence electrons. The Labute approximate surface area is 154 Å². The topological polar surface area (TPSA) is 46.6 Å². The molecule has 0 aromatic heterocycles. The van der Waals surface area contributed by atoms with Crippen molar-refractivity contribution in [3.05, 3.63) is 60.2 Å². The first-order chi connectivity index (χ1) is 12.7. The Hall–Kier alpha value is -2.62. The van der Waals surface area contributed by atoms with Crippen LogP contribution in [0.5, 0.6) is 0 Å². The van der Waals surface area contributed by atoms with Gasteiger partial charge in [-0.15, -0.1) is 0 Å². The molecule has 0 saturated carbocycles. The van der Waals surface area contributed by atoms with Crippen LogP contribution in [0.2, 0.25) is 0 Å². The summed E-state index contributed by atoms with van der Waals surface area (Å²) in [5.74, 6) is -0.0694. The summed E-state index contributed by atoms with van der Waals surface area (Å²) in [7, 11) is 0. The van der Waals surface area contributed by atoms with Crippen molar-refractivity contribution >= 4 is 11.9 Å². The van der Waals surface area contributed by atoms with Crippen molar-refractivity contribution in [3.63, 3.8) is 0 Å². The fourth-order valence-electron chi connectivity index (χ4n) is 3.36. The van der Waals surface area contributed by atoms with Gasteiger partial charge in [-0.25, -0.2) is 0 Å². The van der Waals surface area contributed by atoms with Gasteiger partial charge in [0, 0.05) is 13.1 Å². The number of nitrogens with zero attached hydrogens (tertiary/aromatic N) is 1. The maximum atomic E-state index is 12.5. The van der Waals surface area contributed by atoms with E-state index in [0.29, 0.717) is 39.0 Å². The minimum atomic E-state index is -0.129. The molecule has 1 amide bonds. The van der Waals surface area contributed by atoms with E-state index < -0.39 is 0 Å². The molecule has 0 bridgehead atoms. The SMILES string of the molecule is CCOC(=O)C1CCN(C(=O)Cc2ccc(-c3ccccc3)cc2)CC1. The Kier molecular flexibility index (Phi) is 6.05. The standard InChI is InChI=1S/C22H25NO3/c1-2-26-22(25)20-12-14-23(15-13-20)21(24)16-17-8-10-19(11-9-17)18-6-4-3-5-7-18/h3-11,20H,2,12-16H2,1H3. The molecule has 0 unspecified atom stereocenters. The molecular weight excluding hydrogens is 326 g/mol. The molecule has 0 N–H and O–H groups in total. The molecule has 1 heterocycles. The molecule has 0 spiro atoms. The van der Waals surface area contributed by atoms with E-state index in [1.807, 2.05) is 42.2 Å². The Morgan fingerprint density at radius 1 is 0.962 bits per heavy atom. The monoisotopic (exact) mass is 351 g/mol. The van der Waals surface area contributed by atoms with Crippen molar-refractivity contribution < 1.29 is 14.3 Å². The molecule has 2 aromatic rings. The number of hydrogen-bond acceptors (Lipinski definition) is 3. The summed E-state index contributed by atoms with van der Waals surface area (Å²) >= 11 is 0. The van der Waals surface area contributed by atoms with E-state index in [0.717, 1.165) is 11.1 Å². The van der Waals surface area contributed by atoms with E-state index >= 15 is 0 Å². The van der Waals surface area contributed by atoms with Crippen LogP contribution in [-0.2, 0) is 20.7 Å².